The molecule has 4 nitrogen and oxygen atoms in total. The van der Waals surface area contributed by atoms with Crippen molar-refractivity contribution in [3.63, 3.8) is 0 Å². The third-order valence-electron chi connectivity index (χ3n) is 2.67. The zero-order valence-corrected chi connectivity index (χ0v) is 10.5. The molecule has 96 valence electrons. The zero-order valence-electron chi connectivity index (χ0n) is 10.5. The maximum absolute atomic E-state index is 13.7. The molecule has 5 heteroatoms. The number of aryl methyl sites for hydroxylation is 1. The molecule has 0 aliphatic carbocycles. The van der Waals surface area contributed by atoms with Gasteiger partial charge in [0.25, 0.3) is 0 Å². The molecule has 1 aromatic carbocycles. The minimum atomic E-state index is -0.343. The molecule has 0 bridgehead atoms. The molecular formula is C13H16FN3O. The minimum Gasteiger partial charge on any atom is -0.484 e. The second kappa shape index (κ2) is 5.64. The summed E-state index contributed by atoms with van der Waals surface area (Å²) in [5.74, 6) is -0.0824. The van der Waals surface area contributed by atoms with Gasteiger partial charge in [-0.3, -0.25) is 0 Å². The van der Waals surface area contributed by atoms with Crippen LogP contribution in [0.5, 0.6) is 5.75 Å². The number of benzene rings is 1. The second-order valence-corrected chi connectivity index (χ2v) is 4.08. The number of ether oxygens (including phenoxy) is 1. The van der Waals surface area contributed by atoms with Gasteiger partial charge in [-0.1, -0.05) is 6.07 Å². The van der Waals surface area contributed by atoms with Crippen LogP contribution < -0.4 is 10.1 Å². The van der Waals surface area contributed by atoms with Crippen molar-refractivity contribution >= 4 is 0 Å². The van der Waals surface area contributed by atoms with Crippen LogP contribution in [0.3, 0.4) is 0 Å². The molecule has 0 amide bonds. The maximum Gasteiger partial charge on any atom is 0.165 e. The second-order valence-electron chi connectivity index (χ2n) is 4.08. The van der Waals surface area contributed by atoms with Crippen LogP contribution >= 0.6 is 0 Å². The number of hydrogen-bond donors (Lipinski definition) is 1. The van der Waals surface area contributed by atoms with Gasteiger partial charge in [-0.25, -0.2) is 9.37 Å². The molecule has 2 rings (SSSR count). The minimum absolute atomic E-state index is 0.260. The third kappa shape index (κ3) is 2.87. The van der Waals surface area contributed by atoms with E-state index in [4.69, 9.17) is 4.74 Å². The molecule has 18 heavy (non-hydrogen) atoms. The van der Waals surface area contributed by atoms with E-state index in [2.05, 4.69) is 10.3 Å². The molecule has 0 aliphatic heterocycles. The summed E-state index contributed by atoms with van der Waals surface area (Å²) in [6.45, 7) is 0.942. The van der Waals surface area contributed by atoms with Gasteiger partial charge in [-0.2, -0.15) is 0 Å². The summed E-state index contributed by atoms with van der Waals surface area (Å²) < 4.78 is 21.0. The molecule has 0 radical (unpaired) electrons. The zero-order chi connectivity index (χ0) is 13.0. The molecule has 0 saturated carbocycles. The Balaban J connectivity index is 2.03. The van der Waals surface area contributed by atoms with E-state index >= 15 is 0 Å². The topological polar surface area (TPSA) is 39.1 Å². The number of rotatable bonds is 5. The highest BCUT2D eigenvalue weighted by Crippen LogP contribution is 2.19. The van der Waals surface area contributed by atoms with Gasteiger partial charge in [0.05, 0.1) is 18.2 Å². The van der Waals surface area contributed by atoms with E-state index in [0.717, 1.165) is 11.3 Å². The number of nitrogens with zero attached hydrogens (tertiary/aromatic N) is 2. The van der Waals surface area contributed by atoms with E-state index < -0.39 is 0 Å². The van der Waals surface area contributed by atoms with Gasteiger partial charge >= 0.3 is 0 Å². The molecule has 0 fully saturated rings. The van der Waals surface area contributed by atoms with Gasteiger partial charge < -0.3 is 14.6 Å². The van der Waals surface area contributed by atoms with Crippen molar-refractivity contribution in [2.75, 3.05) is 7.05 Å². The number of hydrogen-bond acceptors (Lipinski definition) is 3. The fourth-order valence-corrected chi connectivity index (χ4v) is 1.65. The van der Waals surface area contributed by atoms with Crippen LogP contribution in [0, 0.1) is 5.82 Å². The number of imidazole rings is 1. The predicted octanol–water partition coefficient (Wildman–Crippen LogP) is 1.86. The molecule has 0 spiro atoms. The lowest BCUT2D eigenvalue weighted by Crippen LogP contribution is -2.06. The first kappa shape index (κ1) is 12.6. The number of nitrogens with one attached hydrogen (secondary N) is 1. The quantitative estimate of drug-likeness (QED) is 0.879. The summed E-state index contributed by atoms with van der Waals surface area (Å²) in [6, 6.07) is 4.98. The van der Waals surface area contributed by atoms with Gasteiger partial charge in [-0.15, -0.1) is 0 Å². The van der Waals surface area contributed by atoms with E-state index in [1.54, 1.807) is 18.6 Å². The van der Waals surface area contributed by atoms with Crippen molar-refractivity contribution in [1.82, 2.24) is 14.9 Å². The van der Waals surface area contributed by atoms with Crippen LogP contribution in [-0.2, 0) is 20.2 Å². The molecule has 2 aromatic rings. The largest absolute Gasteiger partial charge is 0.484 e. The molecule has 1 heterocycles. The molecule has 0 atom stereocenters. The van der Waals surface area contributed by atoms with Crippen molar-refractivity contribution in [1.29, 1.82) is 0 Å². The Kier molecular flexibility index (Phi) is 3.94. The highest BCUT2D eigenvalue weighted by atomic mass is 19.1. The molecule has 1 N–H and O–H groups in total. The molecule has 1 aromatic heterocycles. The Labute approximate surface area is 105 Å². The Morgan fingerprint density at radius 1 is 1.44 bits per heavy atom. The van der Waals surface area contributed by atoms with E-state index in [1.807, 2.05) is 24.7 Å². The highest BCUT2D eigenvalue weighted by Gasteiger charge is 2.06. The van der Waals surface area contributed by atoms with Crippen molar-refractivity contribution in [3.8, 4) is 5.75 Å². The summed E-state index contributed by atoms with van der Waals surface area (Å²) in [5, 5.41) is 2.97. The summed E-state index contributed by atoms with van der Waals surface area (Å²) in [7, 11) is 3.70. The van der Waals surface area contributed by atoms with E-state index in [9.17, 15) is 4.39 Å². The molecule has 0 unspecified atom stereocenters. The standard InChI is InChI=1S/C13H16FN3O/c1-15-6-10-3-4-13(12(14)5-10)18-8-11-7-16-9-17(11)2/h3-5,7,9,15H,6,8H2,1-2H3. The average Bonchev–Trinajstić information content (AvgIpc) is 2.74. The van der Waals surface area contributed by atoms with Crippen LogP contribution in [0.15, 0.2) is 30.7 Å². The van der Waals surface area contributed by atoms with Crippen molar-refractivity contribution in [2.24, 2.45) is 7.05 Å². The van der Waals surface area contributed by atoms with E-state index in [1.165, 1.54) is 6.07 Å². The summed E-state index contributed by atoms with van der Waals surface area (Å²) in [6.07, 6.45) is 3.39. The Hall–Kier alpha value is -1.88. The van der Waals surface area contributed by atoms with E-state index in [-0.39, 0.29) is 11.6 Å². The smallest absolute Gasteiger partial charge is 0.165 e. The lowest BCUT2D eigenvalue weighted by molar-refractivity contribution is 0.282. The van der Waals surface area contributed by atoms with Crippen LogP contribution in [-0.4, -0.2) is 16.6 Å². The Morgan fingerprint density at radius 2 is 2.28 bits per heavy atom. The fourth-order valence-electron chi connectivity index (χ4n) is 1.65. The van der Waals surface area contributed by atoms with Crippen molar-refractivity contribution < 1.29 is 9.13 Å². The number of halogens is 1. The third-order valence-corrected chi connectivity index (χ3v) is 2.67. The van der Waals surface area contributed by atoms with Crippen molar-refractivity contribution in [2.45, 2.75) is 13.2 Å². The van der Waals surface area contributed by atoms with Gasteiger partial charge in [0, 0.05) is 13.6 Å². The Morgan fingerprint density at radius 3 is 2.89 bits per heavy atom. The van der Waals surface area contributed by atoms with Crippen LogP contribution in [0.25, 0.3) is 0 Å². The van der Waals surface area contributed by atoms with Crippen LogP contribution in [0.1, 0.15) is 11.3 Å². The van der Waals surface area contributed by atoms with Crippen LogP contribution in [0.2, 0.25) is 0 Å². The summed E-state index contributed by atoms with van der Waals surface area (Å²) >= 11 is 0. The van der Waals surface area contributed by atoms with Gasteiger partial charge in [0.15, 0.2) is 11.6 Å². The summed E-state index contributed by atoms with van der Waals surface area (Å²) in [5.41, 5.74) is 1.79. The van der Waals surface area contributed by atoms with Crippen molar-refractivity contribution in [3.05, 3.63) is 47.8 Å². The predicted molar refractivity (Wildman–Crippen MR) is 66.7 cm³/mol. The highest BCUT2D eigenvalue weighted by molar-refractivity contribution is 5.29. The average molecular weight is 249 g/mol. The molecule has 0 aliphatic rings. The lowest BCUT2D eigenvalue weighted by atomic mass is 10.2. The molecule has 0 saturated heterocycles. The monoisotopic (exact) mass is 249 g/mol. The normalized spacial score (nSPS) is 10.6. The first-order valence-corrected chi connectivity index (χ1v) is 5.71. The van der Waals surface area contributed by atoms with E-state index in [0.29, 0.717) is 13.2 Å². The maximum atomic E-state index is 13.7. The lowest BCUT2D eigenvalue weighted by Gasteiger charge is -2.09. The summed E-state index contributed by atoms with van der Waals surface area (Å²) in [4.78, 5) is 3.98. The van der Waals surface area contributed by atoms with Gasteiger partial charge in [-0.05, 0) is 24.7 Å². The van der Waals surface area contributed by atoms with Gasteiger partial charge in [0.2, 0.25) is 0 Å². The first-order valence-electron chi connectivity index (χ1n) is 5.71. The first-order chi connectivity index (χ1) is 8.70. The Bertz CT molecular complexity index is 525. The molecular weight excluding hydrogens is 233 g/mol. The SMILES string of the molecule is CNCc1ccc(OCc2cncn2C)c(F)c1. The van der Waals surface area contributed by atoms with Gasteiger partial charge in [0.1, 0.15) is 6.61 Å². The fraction of sp³-hybridized carbons (Fsp3) is 0.308. The van der Waals surface area contributed by atoms with Crippen LogP contribution in [0.4, 0.5) is 4.39 Å². The number of aromatic nitrogens is 2.